The number of nitrogen functional groups attached to an aromatic ring is 1. The summed E-state index contributed by atoms with van der Waals surface area (Å²) >= 11 is 11.9. The number of hydrogen-bond acceptors (Lipinski definition) is 3. The molecule has 0 aromatic heterocycles. The number of aromatic carboxylic acids is 1. The van der Waals surface area contributed by atoms with E-state index < -0.39 is 5.97 Å². The molecular formula is C14H11Cl2NO3. The van der Waals surface area contributed by atoms with Gasteiger partial charge in [0.05, 0.1) is 5.69 Å². The third kappa shape index (κ3) is 3.15. The quantitative estimate of drug-likeness (QED) is 0.841. The molecule has 0 amide bonds. The van der Waals surface area contributed by atoms with Crippen molar-refractivity contribution in [3.05, 3.63) is 57.6 Å². The van der Waals surface area contributed by atoms with E-state index in [1.807, 2.05) is 0 Å². The minimum atomic E-state index is -1.11. The van der Waals surface area contributed by atoms with E-state index >= 15 is 0 Å². The summed E-state index contributed by atoms with van der Waals surface area (Å²) in [6, 6.07) is 9.51. The van der Waals surface area contributed by atoms with Crippen molar-refractivity contribution >= 4 is 34.9 Å². The third-order valence-corrected chi connectivity index (χ3v) is 3.26. The van der Waals surface area contributed by atoms with Crippen molar-refractivity contribution in [3.8, 4) is 5.75 Å². The Balaban J connectivity index is 2.27. The van der Waals surface area contributed by atoms with E-state index in [0.29, 0.717) is 15.6 Å². The van der Waals surface area contributed by atoms with E-state index in [1.165, 1.54) is 6.07 Å². The molecule has 0 unspecified atom stereocenters. The number of halogens is 2. The van der Waals surface area contributed by atoms with Gasteiger partial charge in [0.1, 0.15) is 12.2 Å². The zero-order chi connectivity index (χ0) is 14.7. The van der Waals surface area contributed by atoms with E-state index in [2.05, 4.69) is 0 Å². The summed E-state index contributed by atoms with van der Waals surface area (Å²) in [4.78, 5) is 11.1. The van der Waals surface area contributed by atoms with Gasteiger partial charge in [-0.2, -0.15) is 0 Å². The summed E-state index contributed by atoms with van der Waals surface area (Å²) < 4.78 is 5.50. The summed E-state index contributed by atoms with van der Waals surface area (Å²) in [6.07, 6.45) is 0. The Morgan fingerprint density at radius 1 is 1.25 bits per heavy atom. The van der Waals surface area contributed by atoms with Crippen LogP contribution in [0.1, 0.15) is 15.9 Å². The van der Waals surface area contributed by atoms with Gasteiger partial charge < -0.3 is 15.6 Å². The van der Waals surface area contributed by atoms with Gasteiger partial charge in [-0.3, -0.25) is 0 Å². The van der Waals surface area contributed by atoms with E-state index in [-0.39, 0.29) is 23.6 Å². The number of carboxylic acids is 1. The number of carbonyl (C=O) groups is 1. The fraction of sp³-hybridized carbons (Fsp3) is 0.0714. The lowest BCUT2D eigenvalue weighted by Gasteiger charge is -2.12. The second kappa shape index (κ2) is 6.03. The van der Waals surface area contributed by atoms with Gasteiger partial charge in [0, 0.05) is 15.6 Å². The first kappa shape index (κ1) is 14.5. The van der Waals surface area contributed by atoms with E-state index in [4.69, 9.17) is 38.8 Å². The number of benzene rings is 2. The lowest BCUT2D eigenvalue weighted by Crippen LogP contribution is -2.06. The molecule has 0 fully saturated rings. The smallest absolute Gasteiger partial charge is 0.339 e. The minimum Gasteiger partial charge on any atom is -0.486 e. The fourth-order valence-electron chi connectivity index (χ4n) is 1.69. The van der Waals surface area contributed by atoms with Crippen molar-refractivity contribution in [1.82, 2.24) is 0 Å². The predicted octanol–water partition coefficient (Wildman–Crippen LogP) is 3.85. The number of rotatable bonds is 4. The van der Waals surface area contributed by atoms with Crippen LogP contribution < -0.4 is 10.5 Å². The Morgan fingerprint density at radius 2 is 2.00 bits per heavy atom. The second-order valence-electron chi connectivity index (χ2n) is 4.05. The van der Waals surface area contributed by atoms with Crippen LogP contribution in [-0.2, 0) is 6.61 Å². The molecule has 20 heavy (non-hydrogen) atoms. The topological polar surface area (TPSA) is 72.6 Å². The molecule has 0 saturated carbocycles. The molecule has 104 valence electrons. The maximum absolute atomic E-state index is 11.1. The summed E-state index contributed by atoms with van der Waals surface area (Å²) in [5.74, 6) is -0.986. The SMILES string of the molecule is Nc1cccc(C(=O)O)c1OCc1cc(Cl)ccc1Cl. The molecule has 4 nitrogen and oxygen atoms in total. The van der Waals surface area contributed by atoms with Crippen LogP contribution in [0.2, 0.25) is 10.0 Å². The van der Waals surface area contributed by atoms with Gasteiger partial charge in [-0.05, 0) is 30.3 Å². The highest BCUT2D eigenvalue weighted by Crippen LogP contribution is 2.29. The minimum absolute atomic E-state index is 0.00292. The number of nitrogens with two attached hydrogens (primary N) is 1. The molecule has 0 aliphatic heterocycles. The van der Waals surface area contributed by atoms with Gasteiger partial charge in [0.15, 0.2) is 5.75 Å². The Morgan fingerprint density at radius 3 is 2.70 bits per heavy atom. The van der Waals surface area contributed by atoms with Crippen LogP contribution in [-0.4, -0.2) is 11.1 Å². The predicted molar refractivity (Wildman–Crippen MR) is 78.6 cm³/mol. The van der Waals surface area contributed by atoms with Crippen molar-refractivity contribution in [1.29, 1.82) is 0 Å². The van der Waals surface area contributed by atoms with E-state index in [1.54, 1.807) is 30.3 Å². The Kier molecular flexibility index (Phi) is 4.37. The molecule has 0 spiro atoms. The van der Waals surface area contributed by atoms with E-state index in [0.717, 1.165) is 0 Å². The van der Waals surface area contributed by atoms with Crippen molar-refractivity contribution in [3.63, 3.8) is 0 Å². The molecule has 2 rings (SSSR count). The first-order valence-corrected chi connectivity index (χ1v) is 6.43. The molecule has 3 N–H and O–H groups in total. The monoisotopic (exact) mass is 311 g/mol. The second-order valence-corrected chi connectivity index (χ2v) is 4.90. The fourth-order valence-corrected chi connectivity index (χ4v) is 2.06. The molecule has 0 aliphatic carbocycles. The van der Waals surface area contributed by atoms with Crippen molar-refractivity contribution in [2.45, 2.75) is 6.61 Å². The Hall–Kier alpha value is -1.91. The molecule has 2 aromatic carbocycles. The molecule has 0 heterocycles. The normalized spacial score (nSPS) is 10.3. The molecule has 0 radical (unpaired) electrons. The number of anilines is 1. The van der Waals surface area contributed by atoms with Gasteiger partial charge in [0.2, 0.25) is 0 Å². The number of para-hydroxylation sites is 1. The summed E-state index contributed by atoms with van der Waals surface area (Å²) in [5, 5.41) is 10.1. The highest BCUT2D eigenvalue weighted by Gasteiger charge is 2.14. The first-order valence-electron chi connectivity index (χ1n) is 5.67. The van der Waals surface area contributed by atoms with Crippen LogP contribution >= 0.6 is 23.2 Å². The summed E-state index contributed by atoms with van der Waals surface area (Å²) in [6.45, 7) is 0.0773. The molecule has 0 saturated heterocycles. The van der Waals surface area contributed by atoms with Crippen molar-refractivity contribution in [2.24, 2.45) is 0 Å². The Bertz CT molecular complexity index is 659. The highest BCUT2D eigenvalue weighted by molar-refractivity contribution is 6.33. The standard InChI is InChI=1S/C14H11Cl2NO3/c15-9-4-5-11(16)8(6-9)7-20-13-10(14(18)19)2-1-3-12(13)17/h1-6H,7,17H2,(H,18,19). The van der Waals surface area contributed by atoms with Gasteiger partial charge in [-0.1, -0.05) is 29.3 Å². The van der Waals surface area contributed by atoms with Crippen LogP contribution in [0, 0.1) is 0 Å². The zero-order valence-corrected chi connectivity index (χ0v) is 11.8. The van der Waals surface area contributed by atoms with Crippen LogP contribution in [0.25, 0.3) is 0 Å². The molecule has 2 aromatic rings. The van der Waals surface area contributed by atoms with Gasteiger partial charge >= 0.3 is 5.97 Å². The maximum Gasteiger partial charge on any atom is 0.339 e. The van der Waals surface area contributed by atoms with Crippen LogP contribution in [0.5, 0.6) is 5.75 Å². The average molecular weight is 312 g/mol. The molecule has 0 aliphatic rings. The van der Waals surface area contributed by atoms with Crippen LogP contribution in [0.4, 0.5) is 5.69 Å². The lowest BCUT2D eigenvalue weighted by atomic mass is 10.1. The van der Waals surface area contributed by atoms with Crippen LogP contribution in [0.15, 0.2) is 36.4 Å². The average Bonchev–Trinajstić information content (AvgIpc) is 2.40. The zero-order valence-electron chi connectivity index (χ0n) is 10.3. The van der Waals surface area contributed by atoms with Gasteiger partial charge in [-0.25, -0.2) is 4.79 Å². The van der Waals surface area contributed by atoms with Crippen LogP contribution in [0.3, 0.4) is 0 Å². The number of carboxylic acid groups (broad SMARTS) is 1. The first-order chi connectivity index (χ1) is 9.49. The third-order valence-electron chi connectivity index (χ3n) is 2.66. The lowest BCUT2D eigenvalue weighted by molar-refractivity contribution is 0.0692. The molecule has 6 heteroatoms. The largest absolute Gasteiger partial charge is 0.486 e. The van der Waals surface area contributed by atoms with Gasteiger partial charge in [0.25, 0.3) is 0 Å². The number of ether oxygens (including phenoxy) is 1. The maximum atomic E-state index is 11.1. The summed E-state index contributed by atoms with van der Waals surface area (Å²) in [7, 11) is 0. The summed E-state index contributed by atoms with van der Waals surface area (Å²) in [5.41, 5.74) is 6.65. The molecule has 0 atom stereocenters. The highest BCUT2D eigenvalue weighted by atomic mass is 35.5. The van der Waals surface area contributed by atoms with Crippen molar-refractivity contribution in [2.75, 3.05) is 5.73 Å². The van der Waals surface area contributed by atoms with Crippen molar-refractivity contribution < 1.29 is 14.6 Å². The molecule has 0 bridgehead atoms. The molecular weight excluding hydrogens is 301 g/mol. The number of hydrogen-bond donors (Lipinski definition) is 2. The van der Waals surface area contributed by atoms with Gasteiger partial charge in [-0.15, -0.1) is 0 Å². The Labute approximate surface area is 125 Å². The van der Waals surface area contributed by atoms with E-state index in [9.17, 15) is 4.79 Å².